The van der Waals surface area contributed by atoms with Crippen LogP contribution in [0, 0.1) is 0 Å². The number of urea groups is 1. The van der Waals surface area contributed by atoms with Crippen molar-refractivity contribution in [3.63, 3.8) is 0 Å². The monoisotopic (exact) mass is 567 g/mol. The van der Waals surface area contributed by atoms with Gasteiger partial charge in [0.1, 0.15) is 10.5 Å². The number of benzene rings is 1. The highest BCUT2D eigenvalue weighted by atomic mass is 32.1. The number of para-hydroxylation sites is 1. The molecule has 0 spiro atoms. The molecule has 0 saturated carbocycles. The summed E-state index contributed by atoms with van der Waals surface area (Å²) in [5, 5.41) is 5.04. The number of amides is 4. The molecule has 8 nitrogen and oxygen atoms in total. The van der Waals surface area contributed by atoms with Crippen LogP contribution < -0.4 is 10.6 Å². The van der Waals surface area contributed by atoms with Crippen LogP contribution in [0.3, 0.4) is 0 Å². The fraction of sp³-hybridized carbons (Fsp3) is 0.519. The predicted molar refractivity (Wildman–Crippen MR) is 147 cm³/mol. The Morgan fingerprint density at radius 1 is 1.08 bits per heavy atom. The van der Waals surface area contributed by atoms with Crippen molar-refractivity contribution in [1.82, 2.24) is 14.7 Å². The van der Waals surface area contributed by atoms with E-state index in [0.717, 1.165) is 17.0 Å². The standard InChI is InChI=1S/C27H36F3N5O3S/c1-25(2,3)20-16-17(22(36)35-15-14-34(13-12-33(6)7)23(37)26(35,4)5)21(39-20)32-24(38)31-19-11-9-8-10-18(19)27(28,29)30/h8-11,16H,12-15H2,1-7H3,(H2,31,32,38). The average Bonchev–Trinajstić information content (AvgIpc) is 3.23. The topological polar surface area (TPSA) is 85.0 Å². The van der Waals surface area contributed by atoms with Crippen molar-refractivity contribution in [1.29, 1.82) is 0 Å². The van der Waals surface area contributed by atoms with E-state index in [1.54, 1.807) is 24.8 Å². The summed E-state index contributed by atoms with van der Waals surface area (Å²) in [7, 11) is 3.84. The van der Waals surface area contributed by atoms with E-state index in [2.05, 4.69) is 10.6 Å². The molecule has 0 bridgehead atoms. The minimum atomic E-state index is -4.65. The normalized spacial score (nSPS) is 16.0. The molecule has 2 aromatic rings. The predicted octanol–water partition coefficient (Wildman–Crippen LogP) is 5.33. The molecule has 0 atom stereocenters. The number of carbonyl (C=O) groups is 3. The van der Waals surface area contributed by atoms with E-state index in [9.17, 15) is 27.6 Å². The molecule has 4 amide bonds. The molecule has 3 rings (SSSR count). The zero-order valence-electron chi connectivity index (χ0n) is 23.3. The van der Waals surface area contributed by atoms with Crippen LogP contribution in [0.2, 0.25) is 0 Å². The maximum Gasteiger partial charge on any atom is 0.418 e. The number of rotatable bonds is 6. The van der Waals surface area contributed by atoms with Crippen molar-refractivity contribution >= 4 is 39.9 Å². The van der Waals surface area contributed by atoms with Crippen LogP contribution >= 0.6 is 11.3 Å². The van der Waals surface area contributed by atoms with E-state index in [0.29, 0.717) is 26.2 Å². The zero-order valence-corrected chi connectivity index (χ0v) is 24.1. The Balaban J connectivity index is 1.89. The quantitative estimate of drug-likeness (QED) is 0.494. The largest absolute Gasteiger partial charge is 0.418 e. The Hall–Kier alpha value is -3.12. The van der Waals surface area contributed by atoms with Gasteiger partial charge in [-0.1, -0.05) is 32.9 Å². The first kappa shape index (κ1) is 30.4. The van der Waals surface area contributed by atoms with Crippen LogP contribution in [0.1, 0.15) is 55.4 Å². The van der Waals surface area contributed by atoms with Gasteiger partial charge in [-0.15, -0.1) is 11.3 Å². The van der Waals surface area contributed by atoms with Crippen molar-refractivity contribution in [3.8, 4) is 0 Å². The lowest BCUT2D eigenvalue weighted by Gasteiger charge is -2.46. The highest BCUT2D eigenvalue weighted by Crippen LogP contribution is 2.39. The molecule has 2 heterocycles. The van der Waals surface area contributed by atoms with E-state index < -0.39 is 34.9 Å². The lowest BCUT2D eigenvalue weighted by atomic mass is 9.93. The van der Waals surface area contributed by atoms with Gasteiger partial charge in [0.15, 0.2) is 0 Å². The maximum absolute atomic E-state index is 13.9. The number of alkyl halides is 3. The van der Waals surface area contributed by atoms with Gasteiger partial charge < -0.3 is 20.0 Å². The highest BCUT2D eigenvalue weighted by Gasteiger charge is 2.45. The third-order valence-corrected chi connectivity index (χ3v) is 8.03. The number of nitrogens with one attached hydrogen (secondary N) is 2. The molecule has 1 aromatic heterocycles. The molecule has 12 heteroatoms. The summed E-state index contributed by atoms with van der Waals surface area (Å²) in [5.41, 5.74) is -2.69. The molecule has 0 radical (unpaired) electrons. The second-order valence-corrected chi connectivity index (χ2v) is 12.4. The smallest absolute Gasteiger partial charge is 0.338 e. The molecule has 1 saturated heterocycles. The molecule has 2 N–H and O–H groups in total. The number of hydrogen-bond donors (Lipinski definition) is 2. The van der Waals surface area contributed by atoms with Crippen LogP contribution in [0.4, 0.5) is 28.7 Å². The van der Waals surface area contributed by atoms with Crippen molar-refractivity contribution in [2.24, 2.45) is 0 Å². The number of anilines is 2. The molecule has 0 unspecified atom stereocenters. The third kappa shape index (κ3) is 6.91. The van der Waals surface area contributed by atoms with Gasteiger partial charge in [-0.25, -0.2) is 4.79 Å². The number of thiophene rings is 1. The first-order chi connectivity index (χ1) is 17.9. The minimum absolute atomic E-state index is 0.175. The SMILES string of the molecule is CN(C)CCN1CCN(C(=O)c2cc(C(C)(C)C)sc2NC(=O)Nc2ccccc2C(F)(F)F)C(C)(C)C1=O. The van der Waals surface area contributed by atoms with Gasteiger partial charge in [0.2, 0.25) is 5.91 Å². The summed E-state index contributed by atoms with van der Waals surface area (Å²) in [6, 6.07) is 5.44. The first-order valence-electron chi connectivity index (χ1n) is 12.6. The van der Waals surface area contributed by atoms with Crippen molar-refractivity contribution < 1.29 is 27.6 Å². The second kappa shape index (κ2) is 11.2. The lowest BCUT2D eigenvalue weighted by molar-refractivity contribution is -0.146. The zero-order chi connectivity index (χ0) is 29.3. The van der Waals surface area contributed by atoms with Gasteiger partial charge in [0.05, 0.1) is 16.8 Å². The highest BCUT2D eigenvalue weighted by molar-refractivity contribution is 7.16. The number of hydrogen-bond acceptors (Lipinski definition) is 5. The Labute approximate surface area is 231 Å². The first-order valence-corrected chi connectivity index (χ1v) is 13.4. The van der Waals surface area contributed by atoms with Gasteiger partial charge in [-0.3, -0.25) is 14.9 Å². The summed E-state index contributed by atoms with van der Waals surface area (Å²) in [6.07, 6.45) is -4.65. The summed E-state index contributed by atoms with van der Waals surface area (Å²) in [6.45, 7) is 11.1. The van der Waals surface area contributed by atoms with E-state index in [-0.39, 0.29) is 21.9 Å². The Morgan fingerprint density at radius 3 is 2.31 bits per heavy atom. The fourth-order valence-corrected chi connectivity index (χ4v) is 5.35. The fourth-order valence-electron chi connectivity index (χ4n) is 4.25. The summed E-state index contributed by atoms with van der Waals surface area (Å²) >= 11 is 1.18. The molecular weight excluding hydrogens is 531 g/mol. The van der Waals surface area contributed by atoms with Gasteiger partial charge in [0.25, 0.3) is 5.91 Å². The van der Waals surface area contributed by atoms with Gasteiger partial charge in [-0.05, 0) is 51.6 Å². The molecule has 1 aliphatic rings. The van der Waals surface area contributed by atoms with Crippen LogP contribution in [0.25, 0.3) is 0 Å². The van der Waals surface area contributed by atoms with Gasteiger partial charge in [-0.2, -0.15) is 13.2 Å². The van der Waals surface area contributed by atoms with Crippen molar-refractivity contribution in [2.75, 3.05) is 50.9 Å². The number of carbonyl (C=O) groups excluding carboxylic acids is 3. The molecule has 1 fully saturated rings. The minimum Gasteiger partial charge on any atom is -0.338 e. The number of halogens is 3. The summed E-state index contributed by atoms with van der Waals surface area (Å²) < 4.78 is 40.2. The van der Waals surface area contributed by atoms with E-state index >= 15 is 0 Å². The third-order valence-electron chi connectivity index (χ3n) is 6.55. The molecule has 1 aliphatic heterocycles. The lowest BCUT2D eigenvalue weighted by Crippen LogP contribution is -2.65. The van der Waals surface area contributed by atoms with Crippen LogP contribution in [0.15, 0.2) is 30.3 Å². The van der Waals surface area contributed by atoms with Crippen molar-refractivity contribution in [3.05, 3.63) is 46.3 Å². The Morgan fingerprint density at radius 2 is 1.72 bits per heavy atom. The Kier molecular flexibility index (Phi) is 8.71. The van der Waals surface area contributed by atoms with E-state index in [1.807, 2.05) is 39.8 Å². The molecule has 1 aromatic carbocycles. The van der Waals surface area contributed by atoms with E-state index in [1.165, 1.54) is 28.4 Å². The number of likely N-dealkylation sites (N-methyl/N-ethyl adjacent to an activating group) is 1. The van der Waals surface area contributed by atoms with Gasteiger partial charge in [0, 0.05) is 31.1 Å². The van der Waals surface area contributed by atoms with Gasteiger partial charge >= 0.3 is 12.2 Å². The van der Waals surface area contributed by atoms with Crippen molar-refractivity contribution in [2.45, 2.75) is 51.7 Å². The molecule has 39 heavy (non-hydrogen) atoms. The average molecular weight is 568 g/mol. The number of nitrogens with zero attached hydrogens (tertiary/aromatic N) is 3. The second-order valence-electron chi connectivity index (χ2n) is 11.3. The Bertz CT molecular complexity index is 1230. The molecule has 0 aliphatic carbocycles. The molecule has 214 valence electrons. The van der Waals surface area contributed by atoms with Crippen LogP contribution in [-0.4, -0.2) is 78.4 Å². The molecular formula is C27H36F3N5O3S. The van der Waals surface area contributed by atoms with Crippen LogP contribution in [-0.2, 0) is 16.4 Å². The maximum atomic E-state index is 13.9. The number of piperazine rings is 1. The van der Waals surface area contributed by atoms with E-state index in [4.69, 9.17) is 0 Å². The summed E-state index contributed by atoms with van der Waals surface area (Å²) in [5.74, 6) is -0.607. The summed E-state index contributed by atoms with van der Waals surface area (Å²) in [4.78, 5) is 46.0. The van der Waals surface area contributed by atoms with Crippen LogP contribution in [0.5, 0.6) is 0 Å².